The summed E-state index contributed by atoms with van der Waals surface area (Å²) in [5.74, 6) is -0.340. The number of carbonyl (C=O) groups is 1. The standard InChI is InChI=1S/C15H10Cl2N4O/c16-11-4-9(5-12(17)14(11)18)15(22)21-13-3-1-2-8-6-19-20-7-10(8)13/h1-7H,18H2,(H,21,22). The summed E-state index contributed by atoms with van der Waals surface area (Å²) in [5, 5.41) is 12.6. The number of hydrogen-bond donors (Lipinski definition) is 2. The predicted molar refractivity (Wildman–Crippen MR) is 88.4 cm³/mol. The van der Waals surface area contributed by atoms with Crippen LogP contribution in [0.2, 0.25) is 10.0 Å². The van der Waals surface area contributed by atoms with Gasteiger partial charge in [-0.3, -0.25) is 4.79 Å². The largest absolute Gasteiger partial charge is 0.396 e. The summed E-state index contributed by atoms with van der Waals surface area (Å²) >= 11 is 11.9. The van der Waals surface area contributed by atoms with Crippen molar-refractivity contribution in [2.75, 3.05) is 11.1 Å². The van der Waals surface area contributed by atoms with Crippen molar-refractivity contribution < 1.29 is 4.79 Å². The topological polar surface area (TPSA) is 80.9 Å². The highest BCUT2D eigenvalue weighted by Crippen LogP contribution is 2.29. The number of carbonyl (C=O) groups excluding carboxylic acids is 1. The van der Waals surface area contributed by atoms with Gasteiger partial charge in [0.05, 0.1) is 33.8 Å². The van der Waals surface area contributed by atoms with Crippen molar-refractivity contribution in [3.05, 3.63) is 58.3 Å². The van der Waals surface area contributed by atoms with Gasteiger partial charge >= 0.3 is 0 Å². The van der Waals surface area contributed by atoms with Gasteiger partial charge in [-0.2, -0.15) is 10.2 Å². The number of aromatic nitrogens is 2. The fraction of sp³-hybridized carbons (Fsp3) is 0. The molecule has 0 fully saturated rings. The number of nitrogen functional groups attached to an aromatic ring is 1. The molecule has 3 aromatic rings. The van der Waals surface area contributed by atoms with Crippen molar-refractivity contribution in [2.45, 2.75) is 0 Å². The summed E-state index contributed by atoms with van der Waals surface area (Å²) in [4.78, 5) is 12.4. The van der Waals surface area contributed by atoms with Gasteiger partial charge in [0.25, 0.3) is 5.91 Å². The molecule has 0 aliphatic rings. The number of halogens is 2. The maximum absolute atomic E-state index is 12.4. The molecule has 0 saturated heterocycles. The minimum Gasteiger partial charge on any atom is -0.396 e. The lowest BCUT2D eigenvalue weighted by Crippen LogP contribution is -2.12. The quantitative estimate of drug-likeness (QED) is 0.700. The van der Waals surface area contributed by atoms with Gasteiger partial charge in [0.1, 0.15) is 0 Å². The van der Waals surface area contributed by atoms with Crippen LogP contribution in [0.3, 0.4) is 0 Å². The van der Waals surface area contributed by atoms with E-state index in [4.69, 9.17) is 28.9 Å². The van der Waals surface area contributed by atoms with Crippen LogP contribution in [0.4, 0.5) is 11.4 Å². The predicted octanol–water partition coefficient (Wildman–Crippen LogP) is 3.77. The smallest absolute Gasteiger partial charge is 0.255 e. The Kier molecular flexibility index (Phi) is 3.83. The molecule has 5 nitrogen and oxygen atoms in total. The summed E-state index contributed by atoms with van der Waals surface area (Å²) in [6.07, 6.45) is 3.22. The zero-order valence-corrected chi connectivity index (χ0v) is 12.7. The van der Waals surface area contributed by atoms with Crippen LogP contribution in [-0.2, 0) is 0 Å². The van der Waals surface area contributed by atoms with E-state index in [1.165, 1.54) is 12.1 Å². The van der Waals surface area contributed by atoms with E-state index < -0.39 is 0 Å². The minimum absolute atomic E-state index is 0.237. The monoisotopic (exact) mass is 332 g/mol. The molecule has 1 heterocycles. The fourth-order valence-electron chi connectivity index (χ4n) is 2.05. The number of rotatable bonds is 2. The van der Waals surface area contributed by atoms with E-state index >= 15 is 0 Å². The van der Waals surface area contributed by atoms with Gasteiger partial charge in [0.2, 0.25) is 0 Å². The highest BCUT2D eigenvalue weighted by atomic mass is 35.5. The molecule has 0 unspecified atom stereocenters. The molecule has 110 valence electrons. The summed E-state index contributed by atoms with van der Waals surface area (Å²) in [7, 11) is 0. The highest BCUT2D eigenvalue weighted by molar-refractivity contribution is 6.39. The first-order chi connectivity index (χ1) is 10.6. The molecule has 22 heavy (non-hydrogen) atoms. The molecule has 0 aliphatic heterocycles. The number of benzene rings is 2. The van der Waals surface area contributed by atoms with Crippen molar-refractivity contribution in [1.82, 2.24) is 10.2 Å². The number of nitrogens with two attached hydrogens (primary N) is 1. The van der Waals surface area contributed by atoms with Crippen molar-refractivity contribution >= 4 is 51.3 Å². The van der Waals surface area contributed by atoms with Gasteiger partial charge < -0.3 is 11.1 Å². The molecule has 1 aromatic heterocycles. The van der Waals surface area contributed by atoms with Crippen LogP contribution in [0.1, 0.15) is 10.4 Å². The van der Waals surface area contributed by atoms with Gasteiger partial charge in [0, 0.05) is 16.3 Å². The Morgan fingerprint density at radius 3 is 2.50 bits per heavy atom. The molecule has 0 saturated carbocycles. The molecule has 0 spiro atoms. The molecular formula is C15H10Cl2N4O. The number of fused-ring (bicyclic) bond motifs is 1. The minimum atomic E-state index is -0.340. The average Bonchev–Trinajstić information content (AvgIpc) is 2.52. The van der Waals surface area contributed by atoms with Crippen LogP contribution in [-0.4, -0.2) is 16.1 Å². The van der Waals surface area contributed by atoms with E-state index in [2.05, 4.69) is 15.5 Å². The fourth-order valence-corrected chi connectivity index (χ4v) is 2.53. The second-order valence-corrected chi connectivity index (χ2v) is 5.42. The van der Waals surface area contributed by atoms with Gasteiger partial charge in [0.15, 0.2) is 0 Å². The first-order valence-electron chi connectivity index (χ1n) is 6.31. The van der Waals surface area contributed by atoms with E-state index in [0.29, 0.717) is 11.3 Å². The van der Waals surface area contributed by atoms with Crippen molar-refractivity contribution in [2.24, 2.45) is 0 Å². The summed E-state index contributed by atoms with van der Waals surface area (Å²) in [6, 6.07) is 8.44. The van der Waals surface area contributed by atoms with Gasteiger partial charge in [-0.15, -0.1) is 0 Å². The Hall–Kier alpha value is -2.37. The highest BCUT2D eigenvalue weighted by Gasteiger charge is 2.12. The maximum atomic E-state index is 12.4. The van der Waals surface area contributed by atoms with Gasteiger partial charge in [-0.05, 0) is 18.2 Å². The normalized spacial score (nSPS) is 10.6. The van der Waals surface area contributed by atoms with Gasteiger partial charge in [-0.1, -0.05) is 35.3 Å². The third-order valence-electron chi connectivity index (χ3n) is 3.18. The van der Waals surface area contributed by atoms with Crippen molar-refractivity contribution in [3.63, 3.8) is 0 Å². The third kappa shape index (κ3) is 2.68. The average molecular weight is 333 g/mol. The first kappa shape index (κ1) is 14.6. The Morgan fingerprint density at radius 1 is 1.09 bits per heavy atom. The molecule has 0 atom stereocenters. The van der Waals surface area contributed by atoms with Crippen LogP contribution < -0.4 is 11.1 Å². The Morgan fingerprint density at radius 2 is 1.77 bits per heavy atom. The van der Waals surface area contributed by atoms with E-state index in [9.17, 15) is 4.79 Å². The van der Waals surface area contributed by atoms with E-state index in [0.717, 1.165) is 10.8 Å². The zero-order valence-electron chi connectivity index (χ0n) is 11.2. The summed E-state index contributed by atoms with van der Waals surface area (Å²) in [6.45, 7) is 0. The first-order valence-corrected chi connectivity index (χ1v) is 7.07. The van der Waals surface area contributed by atoms with E-state index in [1.54, 1.807) is 18.5 Å². The van der Waals surface area contributed by atoms with Crippen LogP contribution in [0.5, 0.6) is 0 Å². The van der Waals surface area contributed by atoms with Crippen molar-refractivity contribution in [3.8, 4) is 0 Å². The van der Waals surface area contributed by atoms with Crippen LogP contribution in [0, 0.1) is 0 Å². The molecule has 3 N–H and O–H groups in total. The Balaban J connectivity index is 1.97. The van der Waals surface area contributed by atoms with Crippen LogP contribution in [0.15, 0.2) is 42.7 Å². The molecule has 0 aliphatic carbocycles. The molecule has 2 aromatic carbocycles. The molecule has 3 rings (SSSR count). The number of amides is 1. The molecule has 1 amide bonds. The third-order valence-corrected chi connectivity index (χ3v) is 3.81. The lowest BCUT2D eigenvalue weighted by molar-refractivity contribution is 0.102. The number of anilines is 2. The van der Waals surface area contributed by atoms with Gasteiger partial charge in [-0.25, -0.2) is 0 Å². The molecule has 7 heteroatoms. The molecule has 0 bridgehead atoms. The second-order valence-electron chi connectivity index (χ2n) is 4.61. The summed E-state index contributed by atoms with van der Waals surface area (Å²) < 4.78 is 0. The number of nitrogens with one attached hydrogen (secondary N) is 1. The lowest BCUT2D eigenvalue weighted by atomic mass is 10.1. The van der Waals surface area contributed by atoms with E-state index in [1.807, 2.05) is 12.1 Å². The number of hydrogen-bond acceptors (Lipinski definition) is 4. The molecular weight excluding hydrogens is 323 g/mol. The van der Waals surface area contributed by atoms with Crippen molar-refractivity contribution in [1.29, 1.82) is 0 Å². The van der Waals surface area contributed by atoms with Crippen LogP contribution in [0.25, 0.3) is 10.8 Å². The summed E-state index contributed by atoms with van der Waals surface area (Å²) in [5.41, 5.74) is 6.87. The molecule has 0 radical (unpaired) electrons. The Bertz CT molecular complexity index is 854. The number of nitrogens with zero attached hydrogens (tertiary/aromatic N) is 2. The zero-order chi connectivity index (χ0) is 15.7. The Labute approximate surface area is 136 Å². The van der Waals surface area contributed by atoms with E-state index in [-0.39, 0.29) is 21.6 Å². The maximum Gasteiger partial charge on any atom is 0.255 e. The second kappa shape index (κ2) is 5.79. The lowest BCUT2D eigenvalue weighted by Gasteiger charge is -2.09. The SMILES string of the molecule is Nc1c(Cl)cc(C(=O)Nc2cccc3cnncc23)cc1Cl. The van der Waals surface area contributed by atoms with Crippen LogP contribution >= 0.6 is 23.2 Å².